The van der Waals surface area contributed by atoms with Gasteiger partial charge in [-0.05, 0) is 42.7 Å². The number of hydrogen-bond donors (Lipinski definition) is 1. The Bertz CT molecular complexity index is 1330. The fourth-order valence-electron chi connectivity index (χ4n) is 3.37. The van der Waals surface area contributed by atoms with Crippen LogP contribution >= 0.6 is 23.1 Å². The summed E-state index contributed by atoms with van der Waals surface area (Å²) in [5.74, 6) is -0.347. The smallest absolute Gasteiger partial charge is 0.272 e. The molecule has 8 heteroatoms. The molecule has 1 N–H and O–H groups in total. The number of rotatable bonds is 8. The van der Waals surface area contributed by atoms with E-state index in [0.717, 1.165) is 22.4 Å². The fraction of sp³-hybridized carbons (Fsp3) is 0.240. The van der Waals surface area contributed by atoms with E-state index in [0.29, 0.717) is 28.5 Å². The number of aryl methyl sites for hydroxylation is 1. The first-order chi connectivity index (χ1) is 15.9. The largest absolute Gasteiger partial charge is 0.351 e. The van der Waals surface area contributed by atoms with E-state index < -0.39 is 0 Å². The van der Waals surface area contributed by atoms with Gasteiger partial charge in [0.1, 0.15) is 10.5 Å². The highest BCUT2D eigenvalue weighted by atomic mass is 32.2. The van der Waals surface area contributed by atoms with Gasteiger partial charge in [-0.25, -0.2) is 9.37 Å². The molecule has 33 heavy (non-hydrogen) atoms. The zero-order chi connectivity index (χ0) is 23.4. The molecule has 0 fully saturated rings. The molecule has 2 aromatic carbocycles. The van der Waals surface area contributed by atoms with Crippen molar-refractivity contribution in [3.05, 3.63) is 81.9 Å². The molecule has 0 spiro atoms. The first kappa shape index (κ1) is 23.2. The Labute approximate surface area is 199 Å². The van der Waals surface area contributed by atoms with Gasteiger partial charge in [0.05, 0.1) is 11.3 Å². The maximum absolute atomic E-state index is 13.2. The van der Waals surface area contributed by atoms with Gasteiger partial charge in [0.15, 0.2) is 5.16 Å². The summed E-state index contributed by atoms with van der Waals surface area (Å²) in [6.45, 7) is 4.91. The van der Waals surface area contributed by atoms with Gasteiger partial charge in [0.25, 0.3) is 5.56 Å². The summed E-state index contributed by atoms with van der Waals surface area (Å²) in [4.78, 5) is 31.3. The third-order valence-corrected chi connectivity index (χ3v) is 7.26. The number of nitrogens with one attached hydrogen (secondary N) is 1. The zero-order valence-corrected chi connectivity index (χ0v) is 20.1. The van der Waals surface area contributed by atoms with E-state index in [4.69, 9.17) is 4.98 Å². The molecule has 0 radical (unpaired) electrons. The maximum atomic E-state index is 13.2. The van der Waals surface area contributed by atoms with Gasteiger partial charge < -0.3 is 5.32 Å². The van der Waals surface area contributed by atoms with Gasteiger partial charge in [-0.1, -0.05) is 60.6 Å². The minimum absolute atomic E-state index is 0.0700. The van der Waals surface area contributed by atoms with Gasteiger partial charge >= 0.3 is 0 Å². The molecule has 0 atom stereocenters. The topological polar surface area (TPSA) is 64.0 Å². The third-order valence-electron chi connectivity index (χ3n) is 5.12. The molecule has 0 aliphatic heterocycles. The molecule has 4 rings (SSSR count). The molecule has 5 nitrogen and oxygen atoms in total. The molecule has 0 bridgehead atoms. The van der Waals surface area contributed by atoms with Crippen molar-refractivity contribution in [2.75, 3.05) is 5.75 Å². The lowest BCUT2D eigenvalue weighted by atomic mass is 10.1. The van der Waals surface area contributed by atoms with Crippen molar-refractivity contribution >= 4 is 39.2 Å². The van der Waals surface area contributed by atoms with Gasteiger partial charge in [-0.2, -0.15) is 0 Å². The summed E-state index contributed by atoms with van der Waals surface area (Å²) in [7, 11) is 0. The van der Waals surface area contributed by atoms with Gasteiger partial charge in [-0.3, -0.25) is 14.2 Å². The number of halogens is 1. The van der Waals surface area contributed by atoms with Crippen LogP contribution in [0.3, 0.4) is 0 Å². The molecule has 2 aromatic heterocycles. The lowest BCUT2D eigenvalue weighted by Crippen LogP contribution is -2.26. The van der Waals surface area contributed by atoms with E-state index in [1.54, 1.807) is 16.7 Å². The Kier molecular flexibility index (Phi) is 7.25. The second-order valence-corrected chi connectivity index (χ2v) is 9.73. The van der Waals surface area contributed by atoms with Crippen LogP contribution in [0.5, 0.6) is 0 Å². The molecule has 170 valence electrons. The molecule has 0 aliphatic carbocycles. The van der Waals surface area contributed by atoms with Crippen LogP contribution in [0.1, 0.15) is 24.5 Å². The van der Waals surface area contributed by atoms with E-state index in [2.05, 4.69) is 5.32 Å². The molecule has 4 aromatic rings. The number of amides is 1. The first-order valence-corrected chi connectivity index (χ1v) is 12.5. The van der Waals surface area contributed by atoms with Crippen LogP contribution in [-0.2, 0) is 17.9 Å². The average molecular weight is 482 g/mol. The predicted octanol–water partition coefficient (Wildman–Crippen LogP) is 5.39. The van der Waals surface area contributed by atoms with E-state index in [-0.39, 0.29) is 23.0 Å². The fourth-order valence-corrected chi connectivity index (χ4v) is 5.27. The molecule has 0 saturated carbocycles. The normalized spacial score (nSPS) is 11.1. The van der Waals surface area contributed by atoms with Crippen LogP contribution < -0.4 is 10.9 Å². The Morgan fingerprint density at radius 3 is 2.58 bits per heavy atom. The molecular weight excluding hydrogens is 457 g/mol. The summed E-state index contributed by atoms with van der Waals surface area (Å²) >= 11 is 2.70. The third kappa shape index (κ3) is 5.51. The second kappa shape index (κ2) is 10.3. The Morgan fingerprint density at radius 1 is 1.15 bits per heavy atom. The van der Waals surface area contributed by atoms with Crippen molar-refractivity contribution in [1.29, 1.82) is 0 Å². The van der Waals surface area contributed by atoms with Crippen LogP contribution in [0.4, 0.5) is 4.39 Å². The van der Waals surface area contributed by atoms with Crippen LogP contribution in [0.2, 0.25) is 0 Å². The molecule has 2 heterocycles. The number of carbonyl (C=O) groups excluding carboxylic acids is 1. The lowest BCUT2D eigenvalue weighted by molar-refractivity contribution is -0.118. The predicted molar refractivity (Wildman–Crippen MR) is 133 cm³/mol. The highest BCUT2D eigenvalue weighted by Gasteiger charge is 2.16. The molecule has 1 amide bonds. The molecular formula is C25H24FN3O2S2. The van der Waals surface area contributed by atoms with Crippen LogP contribution in [0.25, 0.3) is 20.7 Å². The maximum Gasteiger partial charge on any atom is 0.272 e. The van der Waals surface area contributed by atoms with Gasteiger partial charge in [0, 0.05) is 18.0 Å². The van der Waals surface area contributed by atoms with Crippen LogP contribution in [0.15, 0.2) is 64.5 Å². The van der Waals surface area contributed by atoms with Crippen molar-refractivity contribution in [3.8, 4) is 10.4 Å². The summed E-state index contributed by atoms with van der Waals surface area (Å²) < 4.78 is 15.3. The summed E-state index contributed by atoms with van der Waals surface area (Å²) in [5, 5.41) is 3.37. The van der Waals surface area contributed by atoms with Crippen LogP contribution in [0, 0.1) is 12.7 Å². The molecule has 0 saturated heterocycles. The summed E-state index contributed by atoms with van der Waals surface area (Å²) in [6, 6.07) is 16.1. The number of hydrogen-bond acceptors (Lipinski definition) is 5. The van der Waals surface area contributed by atoms with Crippen molar-refractivity contribution in [1.82, 2.24) is 14.9 Å². The Balaban J connectivity index is 1.53. The highest BCUT2D eigenvalue weighted by Crippen LogP contribution is 2.32. The van der Waals surface area contributed by atoms with E-state index in [1.165, 1.54) is 40.8 Å². The van der Waals surface area contributed by atoms with Gasteiger partial charge in [0.2, 0.25) is 5.91 Å². The first-order valence-electron chi connectivity index (χ1n) is 10.7. The number of benzene rings is 2. The number of fused-ring (bicyclic) bond motifs is 1. The number of carbonyl (C=O) groups is 1. The zero-order valence-electron chi connectivity index (χ0n) is 18.4. The molecule has 0 aliphatic rings. The lowest BCUT2D eigenvalue weighted by Gasteiger charge is -2.11. The number of thioether (sulfide) groups is 1. The number of nitrogens with zero attached hydrogens (tertiary/aromatic N) is 2. The van der Waals surface area contributed by atoms with E-state index in [9.17, 15) is 14.0 Å². The SMILES string of the molecule is CCCn1c(SCC(=O)NCc2ccc(F)cc2)nc2cc(-c3ccc(C)cc3)sc2c1=O. The van der Waals surface area contributed by atoms with Gasteiger partial charge in [-0.15, -0.1) is 11.3 Å². The Morgan fingerprint density at radius 2 is 1.88 bits per heavy atom. The van der Waals surface area contributed by atoms with Crippen molar-refractivity contribution in [2.45, 2.75) is 38.5 Å². The minimum atomic E-state index is -0.310. The Hall–Kier alpha value is -2.97. The van der Waals surface area contributed by atoms with E-state index in [1.807, 2.05) is 44.2 Å². The average Bonchev–Trinajstić information content (AvgIpc) is 3.24. The van der Waals surface area contributed by atoms with Crippen LogP contribution in [-0.4, -0.2) is 21.2 Å². The summed E-state index contributed by atoms with van der Waals surface area (Å²) in [6.07, 6.45) is 0.785. The summed E-state index contributed by atoms with van der Waals surface area (Å²) in [5.41, 5.74) is 3.64. The number of thiophene rings is 1. The monoisotopic (exact) mass is 481 g/mol. The quantitative estimate of drug-likeness (QED) is 0.271. The van der Waals surface area contributed by atoms with E-state index >= 15 is 0 Å². The minimum Gasteiger partial charge on any atom is -0.351 e. The second-order valence-electron chi connectivity index (χ2n) is 7.73. The van der Waals surface area contributed by atoms with Crippen molar-refractivity contribution < 1.29 is 9.18 Å². The van der Waals surface area contributed by atoms with Crippen molar-refractivity contribution in [3.63, 3.8) is 0 Å². The number of aromatic nitrogens is 2. The van der Waals surface area contributed by atoms with Crippen molar-refractivity contribution in [2.24, 2.45) is 0 Å². The standard InChI is InChI=1S/C25H24FN3O2S2/c1-3-12-29-24(31)23-20(13-21(33-23)18-8-4-16(2)5-9-18)28-25(29)32-15-22(30)27-14-17-6-10-19(26)11-7-17/h4-11,13H,3,12,14-15H2,1-2H3,(H,27,30). The molecule has 0 unspecified atom stereocenters. The highest BCUT2D eigenvalue weighted by molar-refractivity contribution is 7.99.